The Morgan fingerprint density at radius 2 is 1.48 bits per heavy atom. The van der Waals surface area contributed by atoms with E-state index >= 15 is 0 Å². The van der Waals surface area contributed by atoms with Crippen molar-refractivity contribution in [2.45, 2.75) is 44.9 Å². The molecule has 1 aromatic rings. The van der Waals surface area contributed by atoms with Crippen LogP contribution in [0.3, 0.4) is 0 Å². The molecule has 3 aliphatic heterocycles. The molecule has 0 atom stereocenters. The zero-order chi connectivity index (χ0) is 18.6. The number of amides is 2. The van der Waals surface area contributed by atoms with Crippen LogP contribution in [0.15, 0.2) is 18.3 Å². The zero-order valence-electron chi connectivity index (χ0n) is 16.1. The molecule has 0 N–H and O–H groups in total. The van der Waals surface area contributed by atoms with Crippen LogP contribution in [0.5, 0.6) is 0 Å². The summed E-state index contributed by atoms with van der Waals surface area (Å²) < 4.78 is 0. The van der Waals surface area contributed by atoms with Gasteiger partial charge in [-0.3, -0.25) is 9.59 Å². The highest BCUT2D eigenvalue weighted by molar-refractivity contribution is 5.95. The zero-order valence-corrected chi connectivity index (χ0v) is 16.1. The predicted molar refractivity (Wildman–Crippen MR) is 105 cm³/mol. The Hall–Kier alpha value is -2.11. The summed E-state index contributed by atoms with van der Waals surface area (Å²) >= 11 is 0. The van der Waals surface area contributed by atoms with E-state index in [0.29, 0.717) is 5.91 Å². The first kappa shape index (κ1) is 18.3. The first-order valence-electron chi connectivity index (χ1n) is 10.5. The van der Waals surface area contributed by atoms with Crippen molar-refractivity contribution < 1.29 is 9.59 Å². The number of carbonyl (C=O) groups excluding carboxylic acids is 2. The molecule has 3 saturated heterocycles. The van der Waals surface area contributed by atoms with Gasteiger partial charge in [-0.2, -0.15) is 0 Å². The maximum Gasteiger partial charge on any atom is 0.254 e. The Morgan fingerprint density at radius 3 is 2.19 bits per heavy atom. The molecular weight excluding hydrogens is 340 g/mol. The monoisotopic (exact) mass is 370 g/mol. The van der Waals surface area contributed by atoms with Gasteiger partial charge in [0.25, 0.3) is 5.91 Å². The summed E-state index contributed by atoms with van der Waals surface area (Å²) in [5, 5.41) is 0. The highest BCUT2D eigenvalue weighted by Crippen LogP contribution is 2.25. The maximum atomic E-state index is 12.7. The van der Waals surface area contributed by atoms with Crippen LogP contribution in [-0.2, 0) is 4.79 Å². The van der Waals surface area contributed by atoms with Crippen LogP contribution in [-0.4, -0.2) is 65.9 Å². The normalized spacial score (nSPS) is 21.6. The standard InChI is InChI=1S/C21H30N4O2/c26-20(24-10-2-1-3-11-24)17-7-14-23(15-8-17)19-16-18(6-9-22-19)21(27)25-12-4-5-13-25/h6,9,16-17H,1-5,7-8,10-15H2. The summed E-state index contributed by atoms with van der Waals surface area (Å²) in [6.07, 6.45) is 9.23. The molecule has 1 aromatic heterocycles. The van der Waals surface area contributed by atoms with Gasteiger partial charge in [0, 0.05) is 56.9 Å². The highest BCUT2D eigenvalue weighted by atomic mass is 16.2. The predicted octanol–water partition coefficient (Wildman–Crippen LogP) is 2.55. The molecule has 0 radical (unpaired) electrons. The Kier molecular flexibility index (Phi) is 5.60. The minimum absolute atomic E-state index is 0.117. The van der Waals surface area contributed by atoms with Crippen molar-refractivity contribution in [3.8, 4) is 0 Å². The van der Waals surface area contributed by atoms with Crippen molar-refractivity contribution >= 4 is 17.6 Å². The van der Waals surface area contributed by atoms with Crippen molar-refractivity contribution in [3.63, 3.8) is 0 Å². The fourth-order valence-electron chi connectivity index (χ4n) is 4.56. The number of piperidine rings is 2. The molecule has 27 heavy (non-hydrogen) atoms. The van der Waals surface area contributed by atoms with E-state index in [-0.39, 0.29) is 11.8 Å². The minimum atomic E-state index is 0.117. The first-order valence-corrected chi connectivity index (χ1v) is 10.5. The molecule has 0 saturated carbocycles. The number of hydrogen-bond acceptors (Lipinski definition) is 4. The number of pyridine rings is 1. The maximum absolute atomic E-state index is 12.7. The SMILES string of the molecule is O=C(c1ccnc(N2CCC(C(=O)N3CCCCC3)CC2)c1)N1CCCC1. The van der Waals surface area contributed by atoms with Crippen LogP contribution in [0.4, 0.5) is 5.82 Å². The van der Waals surface area contributed by atoms with Gasteiger partial charge < -0.3 is 14.7 Å². The summed E-state index contributed by atoms with van der Waals surface area (Å²) in [5.74, 6) is 1.48. The number of anilines is 1. The van der Waals surface area contributed by atoms with Gasteiger partial charge in [0.15, 0.2) is 0 Å². The second-order valence-electron chi connectivity index (χ2n) is 8.05. The largest absolute Gasteiger partial charge is 0.357 e. The molecule has 3 fully saturated rings. The highest BCUT2D eigenvalue weighted by Gasteiger charge is 2.30. The Bertz CT molecular complexity index is 673. The Labute approximate surface area is 161 Å². The van der Waals surface area contributed by atoms with Crippen molar-refractivity contribution in [1.82, 2.24) is 14.8 Å². The second kappa shape index (κ2) is 8.28. The summed E-state index contributed by atoms with van der Waals surface area (Å²) in [6, 6.07) is 3.74. The van der Waals surface area contributed by atoms with Crippen molar-refractivity contribution in [2.24, 2.45) is 5.92 Å². The molecular formula is C21H30N4O2. The van der Waals surface area contributed by atoms with Crippen LogP contribution in [0, 0.1) is 5.92 Å². The number of hydrogen-bond donors (Lipinski definition) is 0. The van der Waals surface area contributed by atoms with Crippen LogP contribution in [0.1, 0.15) is 55.3 Å². The molecule has 2 amide bonds. The molecule has 4 heterocycles. The molecule has 6 heteroatoms. The van der Waals surface area contributed by atoms with Gasteiger partial charge in [0.1, 0.15) is 5.82 Å². The lowest BCUT2D eigenvalue weighted by Gasteiger charge is -2.36. The topological polar surface area (TPSA) is 56.8 Å². The molecule has 0 spiro atoms. The smallest absolute Gasteiger partial charge is 0.254 e. The summed E-state index contributed by atoms with van der Waals surface area (Å²) in [4.78, 5) is 36.1. The minimum Gasteiger partial charge on any atom is -0.357 e. The van der Waals surface area contributed by atoms with E-state index in [1.165, 1.54) is 6.42 Å². The van der Waals surface area contributed by atoms with Crippen LogP contribution >= 0.6 is 0 Å². The van der Waals surface area contributed by atoms with Gasteiger partial charge in [0.05, 0.1) is 0 Å². The molecule has 146 valence electrons. The fourth-order valence-corrected chi connectivity index (χ4v) is 4.56. The number of rotatable bonds is 3. The van der Waals surface area contributed by atoms with Crippen molar-refractivity contribution in [3.05, 3.63) is 23.9 Å². The third-order valence-corrected chi connectivity index (χ3v) is 6.22. The lowest BCUT2D eigenvalue weighted by atomic mass is 9.94. The van der Waals surface area contributed by atoms with Gasteiger partial charge >= 0.3 is 0 Å². The summed E-state index contributed by atoms with van der Waals surface area (Å²) in [5.41, 5.74) is 0.730. The van der Waals surface area contributed by atoms with Crippen molar-refractivity contribution in [1.29, 1.82) is 0 Å². The average Bonchev–Trinajstić information content (AvgIpc) is 3.28. The fraction of sp³-hybridized carbons (Fsp3) is 0.667. The molecule has 0 bridgehead atoms. The molecule has 0 unspecified atom stereocenters. The average molecular weight is 370 g/mol. The van der Waals surface area contributed by atoms with E-state index in [4.69, 9.17) is 0 Å². The molecule has 0 aromatic carbocycles. The second-order valence-corrected chi connectivity index (χ2v) is 8.05. The third kappa shape index (κ3) is 4.09. The van der Waals surface area contributed by atoms with Gasteiger partial charge in [-0.1, -0.05) is 0 Å². The molecule has 4 rings (SSSR count). The molecule has 6 nitrogen and oxygen atoms in total. The van der Waals surface area contributed by atoms with E-state index in [1.807, 2.05) is 17.0 Å². The van der Waals surface area contributed by atoms with E-state index in [9.17, 15) is 9.59 Å². The van der Waals surface area contributed by atoms with Gasteiger partial charge in [-0.25, -0.2) is 4.98 Å². The van der Waals surface area contributed by atoms with E-state index < -0.39 is 0 Å². The van der Waals surface area contributed by atoms with Crippen molar-refractivity contribution in [2.75, 3.05) is 44.2 Å². The van der Waals surface area contributed by atoms with E-state index in [0.717, 1.165) is 89.2 Å². The number of carbonyl (C=O) groups is 2. The Morgan fingerprint density at radius 1 is 0.852 bits per heavy atom. The first-order chi connectivity index (χ1) is 13.2. The Balaban J connectivity index is 1.36. The third-order valence-electron chi connectivity index (χ3n) is 6.22. The number of nitrogens with zero attached hydrogens (tertiary/aromatic N) is 4. The van der Waals surface area contributed by atoms with Gasteiger partial charge in [-0.05, 0) is 57.1 Å². The molecule has 0 aliphatic carbocycles. The van der Waals surface area contributed by atoms with Crippen LogP contribution in [0.2, 0.25) is 0 Å². The lowest BCUT2D eigenvalue weighted by molar-refractivity contribution is -0.137. The van der Waals surface area contributed by atoms with E-state index in [1.54, 1.807) is 6.20 Å². The van der Waals surface area contributed by atoms with E-state index in [2.05, 4.69) is 14.8 Å². The van der Waals surface area contributed by atoms with Gasteiger partial charge in [0.2, 0.25) is 5.91 Å². The summed E-state index contributed by atoms with van der Waals surface area (Å²) in [6.45, 7) is 5.25. The van der Waals surface area contributed by atoms with Crippen LogP contribution in [0.25, 0.3) is 0 Å². The van der Waals surface area contributed by atoms with Crippen LogP contribution < -0.4 is 4.90 Å². The lowest BCUT2D eigenvalue weighted by Crippen LogP contribution is -2.44. The number of likely N-dealkylation sites (tertiary alicyclic amines) is 2. The number of aromatic nitrogens is 1. The molecule has 3 aliphatic rings. The summed E-state index contributed by atoms with van der Waals surface area (Å²) in [7, 11) is 0. The van der Waals surface area contributed by atoms with Gasteiger partial charge in [-0.15, -0.1) is 0 Å². The quantitative estimate of drug-likeness (QED) is 0.820.